The Hall–Kier alpha value is -16.9. The fourth-order valence-corrected chi connectivity index (χ4v) is 19.7. The largest absolute Gasteiger partial charge is 3.00 e. The average molecular weight is 1880 g/mol. The van der Waals surface area contributed by atoms with Crippen molar-refractivity contribution in [2.45, 2.75) is 14.7 Å². The molecular formula is C96H51N24O9RhS3. The number of hydrogen-bond donors (Lipinski definition) is 6. The van der Waals surface area contributed by atoms with E-state index in [2.05, 4.69) is 29.9 Å². The van der Waals surface area contributed by atoms with Crippen LogP contribution < -0.4 is 0 Å². The Kier molecular flexibility index (Phi) is 18.0. The molecule has 0 radical (unpaired) electrons. The number of nitrogens with one attached hydrogen (secondary N) is 6. The zero-order valence-electron chi connectivity index (χ0n) is 67.8. The number of nitrogens with zero attached hydrogens (tertiary/aromatic N) is 18. The van der Waals surface area contributed by atoms with Gasteiger partial charge >= 0.3 is 19.5 Å². The van der Waals surface area contributed by atoms with Gasteiger partial charge in [0.15, 0.2) is 69.9 Å². The van der Waals surface area contributed by atoms with Gasteiger partial charge in [0.1, 0.15) is 98.1 Å². The van der Waals surface area contributed by atoms with Crippen LogP contribution in [0.3, 0.4) is 0 Å². The first-order valence-electron chi connectivity index (χ1n) is 40.8. The normalized spacial score (nSPS) is 12.3. The maximum Gasteiger partial charge on any atom is 3.00 e. The van der Waals surface area contributed by atoms with Crippen LogP contribution in [0.15, 0.2) is 288 Å². The number of fused-ring (bicyclic) bond motifs is 60. The van der Waals surface area contributed by atoms with Gasteiger partial charge in [-0.15, -0.1) is 0 Å². The maximum atomic E-state index is 12.4. The summed E-state index contributed by atoms with van der Waals surface area (Å²) < 4.78 is 112. The van der Waals surface area contributed by atoms with Gasteiger partial charge in [-0.2, -0.15) is 0 Å². The number of rotatable bonds is 3. The summed E-state index contributed by atoms with van der Waals surface area (Å²) in [5.41, 5.74) is 13.6. The van der Waals surface area contributed by atoms with Crippen LogP contribution in [0.5, 0.6) is 0 Å². The van der Waals surface area contributed by atoms with E-state index >= 15 is 0 Å². The smallest absolute Gasteiger partial charge is 0.744 e. The molecule has 12 aromatic carbocycles. The summed E-state index contributed by atoms with van der Waals surface area (Å²) in [6, 6.07) is 82.1. The number of hydrogen-bond acceptors (Lipinski definition) is 27. The zero-order chi connectivity index (χ0) is 88.7. The van der Waals surface area contributed by atoms with E-state index in [9.17, 15) is 38.9 Å². The van der Waals surface area contributed by atoms with Crippen molar-refractivity contribution in [1.29, 1.82) is 0 Å². The molecule has 24 bridgehead atoms. The van der Waals surface area contributed by atoms with Crippen molar-refractivity contribution in [2.75, 3.05) is 0 Å². The third kappa shape index (κ3) is 13.2. The zero-order valence-corrected chi connectivity index (χ0v) is 71.9. The van der Waals surface area contributed by atoms with Crippen molar-refractivity contribution >= 4 is 163 Å². The molecule has 133 heavy (non-hydrogen) atoms. The van der Waals surface area contributed by atoms with E-state index in [0.717, 1.165) is 82.4 Å². The predicted molar refractivity (Wildman–Crippen MR) is 492 cm³/mol. The molecule has 27 rings (SSSR count). The average Bonchev–Trinajstić information content (AvgIpc) is 1.60. The maximum absolute atomic E-state index is 12.4. The van der Waals surface area contributed by atoms with E-state index < -0.39 is 45.0 Å². The molecule has 6 N–H and O–H groups in total. The minimum atomic E-state index is -4.87. The topological polar surface area (TPSA) is 498 Å². The second-order valence-electron chi connectivity index (χ2n) is 31.1. The minimum absolute atomic E-state index is 0. The molecule has 0 aliphatic carbocycles. The van der Waals surface area contributed by atoms with Crippen LogP contribution in [-0.2, 0) is 49.8 Å². The second-order valence-corrected chi connectivity index (χ2v) is 35.2. The Labute approximate surface area is 759 Å². The molecule has 6 aliphatic rings. The number of aromatic nitrogens is 24. The van der Waals surface area contributed by atoms with Gasteiger partial charge in [0.05, 0.1) is 14.7 Å². The summed E-state index contributed by atoms with van der Waals surface area (Å²) in [7, 11) is -14.6. The van der Waals surface area contributed by atoms with E-state index in [4.69, 9.17) is 89.7 Å². The molecule has 33 nitrogen and oxygen atoms in total. The third-order valence-electron chi connectivity index (χ3n) is 23.4. The molecule has 15 heterocycles. The Bertz CT molecular complexity index is 8860. The van der Waals surface area contributed by atoms with Crippen molar-refractivity contribution in [3.05, 3.63) is 273 Å². The second kappa shape index (κ2) is 30.1. The van der Waals surface area contributed by atoms with Crippen LogP contribution in [0.2, 0.25) is 0 Å². The summed E-state index contributed by atoms with van der Waals surface area (Å²) in [4.78, 5) is 106. The SMILES string of the molecule is O=S(=O)([O-])c1cccc2c3nc4nc(nc5[nH]c(nc6nc(nc([nH]3)c12)-c1ccccc1-6)c1ccccc51)-c1ccccc1-4.O=S(=O)([O-])c1cccc2c3nc4nc(nc5[nH]c(nc6nc(nc([nH]3)c12)-c1ccccc1-6)c1ccccc51)-c1ccccc1-4.O=S(=O)([O-])c1cccc2c3nc4nc(nc5[nH]c(nc6nc(nc([nH]3)c12)-c1ccccc1-6)c1ccccc51)-c1ccccc1-4.[Rh+3]. The Morgan fingerprint density at radius 3 is 0.444 bits per heavy atom. The first kappa shape index (κ1) is 79.5. The number of H-pyrrole nitrogens is 6. The molecule has 6 aliphatic heterocycles. The third-order valence-corrected chi connectivity index (χ3v) is 26.1. The Balaban J connectivity index is 0.000000109. The van der Waals surface area contributed by atoms with Crippen molar-refractivity contribution in [3.8, 4) is 137 Å². The van der Waals surface area contributed by atoms with Crippen molar-refractivity contribution < 1.29 is 58.4 Å². The van der Waals surface area contributed by atoms with E-state index in [1.165, 1.54) is 36.4 Å². The standard InChI is InChI=1S/3C32H18N8O3S.Rh/c3*41-44(42,43)23-15-7-14-22-24(23)32-39-30-21-13-6-5-12-20(21)28(37-30)35-26-17-9-2-1-8-16(17)25(33-26)34-27-18-10-3-4-11-19(18)29(36-27)38-31(22)40-32;/h3*1-15H,(H,41,42,43)(H2,33,34,35,36,37,38,39,40);/q;;;+3/p-3. The van der Waals surface area contributed by atoms with Crippen molar-refractivity contribution in [3.63, 3.8) is 0 Å². The van der Waals surface area contributed by atoms with E-state index in [1.54, 1.807) is 18.2 Å². The molecule has 0 amide bonds. The molecule has 0 saturated heterocycles. The molecule has 9 aromatic heterocycles. The van der Waals surface area contributed by atoms with Gasteiger partial charge in [0, 0.05) is 131 Å². The Morgan fingerprint density at radius 1 is 0.158 bits per heavy atom. The van der Waals surface area contributed by atoms with Crippen LogP contribution in [0.4, 0.5) is 0 Å². The summed E-state index contributed by atoms with van der Waals surface area (Å²) >= 11 is 0. The number of aromatic amines is 6. The molecule has 0 saturated carbocycles. The van der Waals surface area contributed by atoms with Crippen molar-refractivity contribution in [1.82, 2.24) is 120 Å². The fraction of sp³-hybridized carbons (Fsp3) is 0. The van der Waals surface area contributed by atoms with Gasteiger partial charge in [-0.3, -0.25) is 0 Å². The van der Waals surface area contributed by atoms with E-state index in [-0.39, 0.29) is 52.6 Å². The van der Waals surface area contributed by atoms with Gasteiger partial charge < -0.3 is 43.6 Å². The number of benzene rings is 12. The van der Waals surface area contributed by atoms with Crippen LogP contribution in [-0.4, -0.2) is 159 Å². The monoisotopic (exact) mass is 1880 g/mol. The van der Waals surface area contributed by atoms with Gasteiger partial charge in [0.2, 0.25) is 0 Å². The molecule has 37 heteroatoms. The molecule has 0 unspecified atom stereocenters. The minimum Gasteiger partial charge on any atom is -0.744 e. The molecule has 21 aromatic rings. The quantitative estimate of drug-likeness (QED) is 0.0706. The van der Waals surface area contributed by atoms with Gasteiger partial charge in [-0.05, 0) is 18.2 Å². The molecule has 636 valence electrons. The van der Waals surface area contributed by atoms with Gasteiger partial charge in [-0.25, -0.2) is 115 Å². The summed E-state index contributed by atoms with van der Waals surface area (Å²) in [5.74, 6) is 4.64. The van der Waals surface area contributed by atoms with E-state index in [0.29, 0.717) is 154 Å². The van der Waals surface area contributed by atoms with Crippen LogP contribution in [0.25, 0.3) is 269 Å². The summed E-state index contributed by atoms with van der Waals surface area (Å²) in [5, 5.41) is 6.73. The molecule has 0 atom stereocenters. The van der Waals surface area contributed by atoms with Crippen LogP contribution >= 0.6 is 0 Å². The summed E-state index contributed by atoms with van der Waals surface area (Å²) in [6.45, 7) is 0. The van der Waals surface area contributed by atoms with Crippen molar-refractivity contribution in [2.24, 2.45) is 0 Å². The molecular weight excluding hydrogens is 1830 g/mol. The van der Waals surface area contributed by atoms with Gasteiger partial charge in [-0.1, -0.05) is 255 Å². The first-order valence-corrected chi connectivity index (χ1v) is 45.1. The van der Waals surface area contributed by atoms with E-state index in [1.807, 2.05) is 218 Å². The van der Waals surface area contributed by atoms with Gasteiger partial charge in [0.25, 0.3) is 0 Å². The molecule has 0 fully saturated rings. The summed E-state index contributed by atoms with van der Waals surface area (Å²) in [6.07, 6.45) is 0. The van der Waals surface area contributed by atoms with Crippen LogP contribution in [0.1, 0.15) is 0 Å². The molecule has 0 spiro atoms. The first-order chi connectivity index (χ1) is 64.3. The predicted octanol–water partition coefficient (Wildman–Crippen LogP) is 17.3. The Morgan fingerprint density at radius 2 is 0.286 bits per heavy atom. The fourth-order valence-electron chi connectivity index (χ4n) is 17.6. The van der Waals surface area contributed by atoms with Crippen LogP contribution in [0, 0.1) is 0 Å².